The molecule has 1 aromatic carbocycles. The first-order valence-electron chi connectivity index (χ1n) is 5.38. The molecule has 0 saturated heterocycles. The largest absolute Gasteiger partial charge is 0.478 e. The van der Waals surface area contributed by atoms with Crippen LogP contribution in [0.1, 0.15) is 20.1 Å². The smallest absolute Gasteiger partial charge is 0.338 e. The molecule has 0 aliphatic rings. The van der Waals surface area contributed by atoms with Gasteiger partial charge in [0.2, 0.25) is 0 Å². The van der Waals surface area contributed by atoms with Crippen molar-refractivity contribution in [1.82, 2.24) is 0 Å². The van der Waals surface area contributed by atoms with Crippen LogP contribution in [0.3, 0.4) is 0 Å². The maximum absolute atomic E-state index is 13.2. The number of rotatable bonds is 4. The standard InChI is InChI=1S/C13H12FNO2S/c1-8-2-4-10(18-8)7-15-9-3-5-12(14)11(6-9)13(16)17/h2-6,15H,7H2,1H3,(H,16,17). The van der Waals surface area contributed by atoms with E-state index >= 15 is 0 Å². The number of benzene rings is 1. The average molecular weight is 265 g/mol. The predicted molar refractivity (Wildman–Crippen MR) is 69.7 cm³/mol. The molecule has 0 radical (unpaired) electrons. The minimum absolute atomic E-state index is 0.317. The van der Waals surface area contributed by atoms with Gasteiger partial charge in [0, 0.05) is 22.0 Å². The molecule has 0 atom stereocenters. The summed E-state index contributed by atoms with van der Waals surface area (Å²) in [6.07, 6.45) is 0. The normalized spacial score (nSPS) is 10.3. The predicted octanol–water partition coefficient (Wildman–Crippen LogP) is 3.51. The summed E-state index contributed by atoms with van der Waals surface area (Å²) in [5.74, 6) is -1.98. The maximum Gasteiger partial charge on any atom is 0.338 e. The van der Waals surface area contributed by atoms with E-state index in [-0.39, 0.29) is 5.56 Å². The van der Waals surface area contributed by atoms with Crippen LogP contribution < -0.4 is 5.32 Å². The molecule has 18 heavy (non-hydrogen) atoms. The second-order valence-corrected chi connectivity index (χ2v) is 5.24. The van der Waals surface area contributed by atoms with Crippen LogP contribution in [0.2, 0.25) is 0 Å². The molecule has 94 valence electrons. The summed E-state index contributed by atoms with van der Waals surface area (Å²) in [6, 6.07) is 8.02. The van der Waals surface area contributed by atoms with Crippen molar-refractivity contribution in [1.29, 1.82) is 0 Å². The second kappa shape index (κ2) is 5.18. The number of carbonyl (C=O) groups is 1. The molecule has 3 nitrogen and oxygen atoms in total. The summed E-state index contributed by atoms with van der Waals surface area (Å²) < 4.78 is 13.2. The van der Waals surface area contributed by atoms with Gasteiger partial charge in [-0.05, 0) is 37.3 Å². The van der Waals surface area contributed by atoms with Gasteiger partial charge in [-0.1, -0.05) is 0 Å². The lowest BCUT2D eigenvalue weighted by atomic mass is 10.2. The van der Waals surface area contributed by atoms with Crippen molar-refractivity contribution in [2.45, 2.75) is 13.5 Å². The Labute approximate surface area is 108 Å². The number of halogens is 1. The molecule has 1 heterocycles. The molecule has 2 aromatic rings. The minimum atomic E-state index is -1.26. The first kappa shape index (κ1) is 12.6. The number of anilines is 1. The molecule has 0 fully saturated rings. The van der Waals surface area contributed by atoms with Gasteiger partial charge in [-0.25, -0.2) is 9.18 Å². The van der Waals surface area contributed by atoms with Crippen LogP contribution in [-0.2, 0) is 6.54 Å². The van der Waals surface area contributed by atoms with Crippen LogP contribution in [0.25, 0.3) is 0 Å². The van der Waals surface area contributed by atoms with Crippen molar-refractivity contribution in [2.75, 3.05) is 5.32 Å². The van der Waals surface area contributed by atoms with Crippen LogP contribution in [0.4, 0.5) is 10.1 Å². The van der Waals surface area contributed by atoms with E-state index in [4.69, 9.17) is 5.11 Å². The number of carboxylic acids is 1. The van der Waals surface area contributed by atoms with E-state index in [1.807, 2.05) is 19.1 Å². The summed E-state index contributed by atoms with van der Waals surface area (Å²) in [6.45, 7) is 2.62. The lowest BCUT2D eigenvalue weighted by Gasteiger charge is -2.06. The number of hydrogen-bond donors (Lipinski definition) is 2. The Morgan fingerprint density at radius 1 is 1.39 bits per heavy atom. The number of aromatic carboxylic acids is 1. The van der Waals surface area contributed by atoms with E-state index in [1.165, 1.54) is 17.0 Å². The fraction of sp³-hybridized carbons (Fsp3) is 0.154. The van der Waals surface area contributed by atoms with Gasteiger partial charge in [0.15, 0.2) is 0 Å². The number of hydrogen-bond acceptors (Lipinski definition) is 3. The molecule has 0 spiro atoms. The van der Waals surface area contributed by atoms with Crippen molar-refractivity contribution >= 4 is 23.0 Å². The molecule has 2 N–H and O–H groups in total. The topological polar surface area (TPSA) is 49.3 Å². The van der Waals surface area contributed by atoms with E-state index in [2.05, 4.69) is 5.32 Å². The van der Waals surface area contributed by atoms with Crippen LogP contribution in [-0.4, -0.2) is 11.1 Å². The van der Waals surface area contributed by atoms with Crippen molar-refractivity contribution in [3.05, 3.63) is 51.5 Å². The maximum atomic E-state index is 13.2. The Kier molecular flexibility index (Phi) is 3.62. The molecule has 0 aliphatic heterocycles. The van der Waals surface area contributed by atoms with E-state index in [0.717, 1.165) is 10.9 Å². The third-order valence-corrected chi connectivity index (χ3v) is 3.46. The molecule has 0 amide bonds. The molecule has 1 aromatic heterocycles. The Balaban J connectivity index is 2.10. The van der Waals surface area contributed by atoms with Gasteiger partial charge in [-0.2, -0.15) is 0 Å². The van der Waals surface area contributed by atoms with Crippen LogP contribution in [0, 0.1) is 12.7 Å². The van der Waals surface area contributed by atoms with Gasteiger partial charge < -0.3 is 10.4 Å². The third-order valence-electron chi connectivity index (χ3n) is 2.46. The van der Waals surface area contributed by atoms with Gasteiger partial charge >= 0.3 is 5.97 Å². The first-order valence-corrected chi connectivity index (χ1v) is 6.20. The summed E-state index contributed by atoms with van der Waals surface area (Å²) in [5.41, 5.74) is 0.280. The summed E-state index contributed by atoms with van der Waals surface area (Å²) in [7, 11) is 0. The molecule has 5 heteroatoms. The fourth-order valence-electron chi connectivity index (χ4n) is 1.57. The Hall–Kier alpha value is -1.88. The Bertz CT molecular complexity index is 580. The monoisotopic (exact) mass is 265 g/mol. The summed E-state index contributed by atoms with van der Waals surface area (Å²) in [4.78, 5) is 13.2. The number of carboxylic acid groups (broad SMARTS) is 1. The van der Waals surface area contributed by atoms with Crippen molar-refractivity contribution in [2.24, 2.45) is 0 Å². The Morgan fingerprint density at radius 3 is 2.78 bits per heavy atom. The zero-order valence-electron chi connectivity index (χ0n) is 9.74. The van der Waals surface area contributed by atoms with Crippen LogP contribution in [0.15, 0.2) is 30.3 Å². The van der Waals surface area contributed by atoms with Crippen molar-refractivity contribution in [3.8, 4) is 0 Å². The van der Waals surface area contributed by atoms with Crippen LogP contribution in [0.5, 0.6) is 0 Å². The highest BCUT2D eigenvalue weighted by Gasteiger charge is 2.10. The van der Waals surface area contributed by atoms with Crippen molar-refractivity contribution < 1.29 is 14.3 Å². The fourth-order valence-corrected chi connectivity index (χ4v) is 2.40. The number of aryl methyl sites for hydroxylation is 1. The van der Waals surface area contributed by atoms with Gasteiger partial charge in [-0.3, -0.25) is 0 Å². The summed E-state index contributed by atoms with van der Waals surface area (Å²) in [5, 5.41) is 11.9. The SMILES string of the molecule is Cc1ccc(CNc2ccc(F)c(C(=O)O)c2)s1. The van der Waals surface area contributed by atoms with Gasteiger partial charge in [0.1, 0.15) is 5.82 Å². The van der Waals surface area contributed by atoms with E-state index in [0.29, 0.717) is 12.2 Å². The van der Waals surface area contributed by atoms with Gasteiger partial charge in [0.05, 0.1) is 5.56 Å². The van der Waals surface area contributed by atoms with E-state index in [1.54, 1.807) is 11.3 Å². The molecule has 0 aliphatic carbocycles. The summed E-state index contributed by atoms with van der Waals surface area (Å²) >= 11 is 1.67. The quantitative estimate of drug-likeness (QED) is 0.889. The molecular weight excluding hydrogens is 253 g/mol. The zero-order chi connectivity index (χ0) is 13.1. The lowest BCUT2D eigenvalue weighted by molar-refractivity contribution is 0.0692. The van der Waals surface area contributed by atoms with Crippen LogP contribution >= 0.6 is 11.3 Å². The first-order chi connectivity index (χ1) is 8.56. The number of thiophene rings is 1. The van der Waals surface area contributed by atoms with Gasteiger partial charge in [0.25, 0.3) is 0 Å². The molecular formula is C13H12FNO2S. The molecule has 0 bridgehead atoms. The van der Waals surface area contributed by atoms with E-state index in [9.17, 15) is 9.18 Å². The Morgan fingerprint density at radius 2 is 2.17 bits per heavy atom. The molecule has 0 saturated carbocycles. The lowest BCUT2D eigenvalue weighted by Crippen LogP contribution is -2.03. The molecule has 2 rings (SSSR count). The highest BCUT2D eigenvalue weighted by atomic mass is 32.1. The minimum Gasteiger partial charge on any atom is -0.478 e. The highest BCUT2D eigenvalue weighted by Crippen LogP contribution is 2.19. The van der Waals surface area contributed by atoms with Crippen molar-refractivity contribution in [3.63, 3.8) is 0 Å². The number of nitrogens with one attached hydrogen (secondary N) is 1. The third kappa shape index (κ3) is 2.87. The van der Waals surface area contributed by atoms with Gasteiger partial charge in [-0.15, -0.1) is 11.3 Å². The zero-order valence-corrected chi connectivity index (χ0v) is 10.6. The second-order valence-electron chi connectivity index (χ2n) is 3.87. The average Bonchev–Trinajstić information content (AvgIpc) is 2.74. The van der Waals surface area contributed by atoms with E-state index < -0.39 is 11.8 Å². The highest BCUT2D eigenvalue weighted by molar-refractivity contribution is 7.11. The molecule has 0 unspecified atom stereocenters.